The molecular weight excluding hydrogens is 215 g/mol. The third-order valence-electron chi connectivity index (χ3n) is 1.57. The van der Waals surface area contributed by atoms with Crippen LogP contribution in [0.2, 0.25) is 0 Å². The molecule has 1 aromatic rings. The second-order valence-electron chi connectivity index (χ2n) is 2.63. The summed E-state index contributed by atoms with van der Waals surface area (Å²) in [5, 5.41) is 0. The fourth-order valence-electron chi connectivity index (χ4n) is 0.962. The van der Waals surface area contributed by atoms with Crippen LogP contribution in [0.1, 0.15) is 17.3 Å². The molecule has 0 bridgehead atoms. The quantitative estimate of drug-likeness (QED) is 0.364. The maximum atomic E-state index is 10.8. The normalized spacial score (nSPS) is 10.4. The molecule has 0 saturated heterocycles. The van der Waals surface area contributed by atoms with Crippen LogP contribution in [0, 0.1) is 6.92 Å². The first-order valence-electron chi connectivity index (χ1n) is 3.48. The Kier molecular flexibility index (Phi) is 4.97. The molecule has 0 aliphatic rings. The number of benzene rings is 1. The van der Waals surface area contributed by atoms with Gasteiger partial charge in [-0.15, -0.1) is 0 Å². The molecule has 72 valence electrons. The topological polar surface area (TPSA) is 71.4 Å². The number of hydrogen-bond donors (Lipinski definition) is 1. The van der Waals surface area contributed by atoms with Gasteiger partial charge in [0.2, 0.25) is 0 Å². The Balaban J connectivity index is 0. The number of aryl methyl sites for hydroxylation is 1. The summed E-state index contributed by atoms with van der Waals surface area (Å²) < 4.78 is 30.3. The molecule has 1 aromatic carbocycles. The maximum Gasteiger partial charge on any atom is 1.00 e. The summed E-state index contributed by atoms with van der Waals surface area (Å²) in [6.07, 6.45) is 0.391. The molecule has 0 aromatic heterocycles. The van der Waals surface area contributed by atoms with Gasteiger partial charge in [-0.05, 0) is 18.6 Å². The molecule has 0 saturated carbocycles. The molecule has 0 radical (unpaired) electrons. The smallest absolute Gasteiger partial charge is 1.00 e. The van der Waals surface area contributed by atoms with Gasteiger partial charge in [0.1, 0.15) is 4.90 Å². The van der Waals surface area contributed by atoms with Crippen molar-refractivity contribution in [2.75, 3.05) is 0 Å². The van der Waals surface area contributed by atoms with Crippen LogP contribution in [0.4, 0.5) is 0 Å². The van der Waals surface area contributed by atoms with Crippen molar-refractivity contribution in [3.05, 3.63) is 29.3 Å². The molecule has 0 heterocycles. The van der Waals surface area contributed by atoms with E-state index in [0.29, 0.717) is 11.8 Å². The first kappa shape index (κ1) is 13.8. The van der Waals surface area contributed by atoms with E-state index in [1.165, 1.54) is 12.1 Å². The van der Waals surface area contributed by atoms with Crippen LogP contribution in [-0.4, -0.2) is 19.3 Å². The van der Waals surface area contributed by atoms with Crippen LogP contribution in [0.5, 0.6) is 0 Å². The SMILES string of the molecule is Cc1ccc(C=O)c(S(=O)(=O)O)c1.[H-].[Na+]. The van der Waals surface area contributed by atoms with Gasteiger partial charge in [-0.2, -0.15) is 8.42 Å². The standard InChI is InChI=1S/C8H8O4S.Na.H/c1-6-2-3-7(5-9)8(4-6)13(10,11)12;;/h2-5H,1H3,(H,10,11,12);;/q;+1;-1. The zero-order chi connectivity index (χ0) is 10.1. The van der Waals surface area contributed by atoms with Gasteiger partial charge in [0, 0.05) is 5.56 Å². The molecule has 0 aliphatic heterocycles. The minimum absolute atomic E-state index is 0. The summed E-state index contributed by atoms with van der Waals surface area (Å²) in [6, 6.07) is 4.20. The van der Waals surface area contributed by atoms with Crippen molar-refractivity contribution in [2.45, 2.75) is 11.8 Å². The van der Waals surface area contributed by atoms with Gasteiger partial charge in [-0.3, -0.25) is 9.35 Å². The molecule has 1 N–H and O–H groups in total. The summed E-state index contributed by atoms with van der Waals surface area (Å²) in [6.45, 7) is 1.67. The van der Waals surface area contributed by atoms with Crippen molar-refractivity contribution >= 4 is 16.4 Å². The van der Waals surface area contributed by atoms with Gasteiger partial charge in [-0.25, -0.2) is 0 Å². The Hall–Kier alpha value is -0.200. The van der Waals surface area contributed by atoms with Crippen LogP contribution < -0.4 is 29.6 Å². The second kappa shape index (κ2) is 5.04. The van der Waals surface area contributed by atoms with Crippen molar-refractivity contribution in [3.63, 3.8) is 0 Å². The molecule has 14 heavy (non-hydrogen) atoms. The Morgan fingerprint density at radius 1 is 1.43 bits per heavy atom. The van der Waals surface area contributed by atoms with Gasteiger partial charge in [0.15, 0.2) is 6.29 Å². The van der Waals surface area contributed by atoms with Crippen LogP contribution in [0.15, 0.2) is 23.1 Å². The third kappa shape index (κ3) is 3.18. The van der Waals surface area contributed by atoms with E-state index in [2.05, 4.69) is 0 Å². The van der Waals surface area contributed by atoms with Gasteiger partial charge in [0.25, 0.3) is 10.1 Å². The summed E-state index contributed by atoms with van der Waals surface area (Å²) in [5.41, 5.74) is 0.631. The fourth-order valence-corrected chi connectivity index (χ4v) is 1.71. The van der Waals surface area contributed by atoms with E-state index in [0.717, 1.165) is 0 Å². The number of carbonyl (C=O) groups excluding carboxylic acids is 1. The summed E-state index contributed by atoms with van der Waals surface area (Å²) in [5.74, 6) is 0. The number of carbonyl (C=O) groups is 1. The minimum atomic E-state index is -4.30. The Morgan fingerprint density at radius 3 is 2.43 bits per heavy atom. The molecule has 0 atom stereocenters. The van der Waals surface area contributed by atoms with E-state index in [9.17, 15) is 13.2 Å². The van der Waals surface area contributed by atoms with Crippen molar-refractivity contribution < 1.29 is 48.7 Å². The summed E-state index contributed by atoms with van der Waals surface area (Å²) >= 11 is 0. The van der Waals surface area contributed by atoms with Crippen molar-refractivity contribution in [2.24, 2.45) is 0 Å². The Morgan fingerprint density at radius 2 is 2.00 bits per heavy atom. The van der Waals surface area contributed by atoms with E-state index in [-0.39, 0.29) is 41.4 Å². The molecule has 0 unspecified atom stereocenters. The Labute approximate surface area is 106 Å². The largest absolute Gasteiger partial charge is 1.00 e. The van der Waals surface area contributed by atoms with Crippen molar-refractivity contribution in [1.82, 2.24) is 0 Å². The van der Waals surface area contributed by atoms with Crippen molar-refractivity contribution in [3.8, 4) is 0 Å². The number of hydrogen-bond acceptors (Lipinski definition) is 3. The first-order chi connectivity index (χ1) is 5.95. The van der Waals surface area contributed by atoms with Gasteiger partial charge in [-0.1, -0.05) is 12.1 Å². The number of aldehydes is 1. The molecule has 1 rings (SSSR count). The van der Waals surface area contributed by atoms with Crippen LogP contribution in [0.3, 0.4) is 0 Å². The third-order valence-corrected chi connectivity index (χ3v) is 2.48. The van der Waals surface area contributed by atoms with Crippen LogP contribution in [0.25, 0.3) is 0 Å². The van der Waals surface area contributed by atoms with E-state index in [1.807, 2.05) is 0 Å². The molecule has 0 fully saturated rings. The molecule has 4 nitrogen and oxygen atoms in total. The summed E-state index contributed by atoms with van der Waals surface area (Å²) in [7, 11) is -4.30. The van der Waals surface area contributed by atoms with Gasteiger partial charge < -0.3 is 1.43 Å². The van der Waals surface area contributed by atoms with Gasteiger partial charge in [0.05, 0.1) is 0 Å². The van der Waals surface area contributed by atoms with Crippen molar-refractivity contribution in [1.29, 1.82) is 0 Å². The van der Waals surface area contributed by atoms with Crippen LogP contribution >= 0.6 is 0 Å². The molecule has 6 heteroatoms. The zero-order valence-corrected chi connectivity index (χ0v) is 10.7. The first-order valence-corrected chi connectivity index (χ1v) is 4.92. The predicted molar refractivity (Wildman–Crippen MR) is 47.5 cm³/mol. The second-order valence-corrected chi connectivity index (χ2v) is 4.02. The number of rotatable bonds is 2. The molecule has 0 spiro atoms. The monoisotopic (exact) mass is 224 g/mol. The van der Waals surface area contributed by atoms with Crippen LogP contribution in [-0.2, 0) is 10.1 Å². The predicted octanol–water partition coefficient (Wildman–Crippen LogP) is -1.83. The molecule has 0 aliphatic carbocycles. The van der Waals surface area contributed by atoms with E-state index >= 15 is 0 Å². The Bertz CT molecular complexity index is 444. The zero-order valence-electron chi connectivity index (χ0n) is 8.89. The summed E-state index contributed by atoms with van der Waals surface area (Å²) in [4.78, 5) is 10.1. The average Bonchev–Trinajstić information content (AvgIpc) is 2.03. The van der Waals surface area contributed by atoms with E-state index < -0.39 is 10.1 Å². The maximum absolute atomic E-state index is 10.8. The molecule has 0 amide bonds. The van der Waals surface area contributed by atoms with E-state index in [4.69, 9.17) is 4.55 Å². The fraction of sp³-hybridized carbons (Fsp3) is 0.125. The minimum Gasteiger partial charge on any atom is -1.00 e. The van der Waals surface area contributed by atoms with E-state index in [1.54, 1.807) is 13.0 Å². The van der Waals surface area contributed by atoms with Gasteiger partial charge >= 0.3 is 29.6 Å². The molecular formula is C8H9NaO4S. The average molecular weight is 224 g/mol.